The number of rotatable bonds is 3. The number of hydrogen-bond donors (Lipinski definition) is 0. The number of aromatic nitrogens is 1. The molecule has 5 heteroatoms. The molecule has 1 saturated heterocycles. The molecule has 1 unspecified atom stereocenters. The van der Waals surface area contributed by atoms with Crippen molar-refractivity contribution in [1.82, 2.24) is 9.88 Å². The minimum Gasteiger partial charge on any atom is -0.480 e. The Hall–Kier alpha value is -1.91. The van der Waals surface area contributed by atoms with Crippen molar-refractivity contribution in [2.75, 3.05) is 20.7 Å². The summed E-state index contributed by atoms with van der Waals surface area (Å²) in [6.07, 6.45) is 2.12. The summed E-state index contributed by atoms with van der Waals surface area (Å²) in [5.74, 6) is -0.636. The van der Waals surface area contributed by atoms with Gasteiger partial charge in [-0.1, -0.05) is 0 Å². The van der Waals surface area contributed by atoms with Gasteiger partial charge in [0.1, 0.15) is 5.92 Å². The Bertz CT molecular complexity index is 459. The molecule has 0 saturated carbocycles. The molecule has 0 spiro atoms. The van der Waals surface area contributed by atoms with Gasteiger partial charge in [-0.3, -0.25) is 9.59 Å². The molecule has 2 rings (SSSR count). The van der Waals surface area contributed by atoms with Crippen LogP contribution >= 0.6 is 0 Å². The van der Waals surface area contributed by atoms with E-state index in [1.54, 1.807) is 30.3 Å². The van der Waals surface area contributed by atoms with E-state index in [4.69, 9.17) is 4.74 Å². The van der Waals surface area contributed by atoms with Crippen molar-refractivity contribution in [1.29, 1.82) is 0 Å². The molecule has 0 bridgehead atoms. The molecule has 5 nitrogen and oxygen atoms in total. The first-order valence-corrected chi connectivity index (χ1v) is 5.43. The van der Waals surface area contributed by atoms with Crippen LogP contribution in [-0.4, -0.2) is 42.3 Å². The largest absolute Gasteiger partial charge is 0.480 e. The third kappa shape index (κ3) is 2.00. The minimum absolute atomic E-state index is 0.124. The number of Topliss-reactive ketones (excluding diaryl/α,β-unsaturated/α-hetero) is 1. The number of ketones is 1. The number of amides is 1. The summed E-state index contributed by atoms with van der Waals surface area (Å²) in [6, 6.07) is 3.30. The first-order chi connectivity index (χ1) is 8.15. The number of carbonyl (C=O) groups is 2. The van der Waals surface area contributed by atoms with Crippen molar-refractivity contribution in [2.45, 2.75) is 6.42 Å². The lowest BCUT2D eigenvalue weighted by Gasteiger charge is -2.11. The molecule has 0 radical (unpaired) electrons. The topological polar surface area (TPSA) is 59.5 Å². The summed E-state index contributed by atoms with van der Waals surface area (Å²) in [5, 5.41) is 0. The van der Waals surface area contributed by atoms with Gasteiger partial charge in [-0.2, -0.15) is 0 Å². The highest BCUT2D eigenvalue weighted by Gasteiger charge is 2.36. The van der Waals surface area contributed by atoms with E-state index in [0.717, 1.165) is 0 Å². The maximum atomic E-state index is 12.2. The van der Waals surface area contributed by atoms with Crippen LogP contribution in [0, 0.1) is 5.92 Å². The molecule has 2 heterocycles. The highest BCUT2D eigenvalue weighted by molar-refractivity contribution is 6.11. The summed E-state index contributed by atoms with van der Waals surface area (Å²) in [4.78, 5) is 29.5. The van der Waals surface area contributed by atoms with Crippen LogP contribution in [0.3, 0.4) is 0 Å². The Morgan fingerprint density at radius 2 is 2.35 bits per heavy atom. The Balaban J connectivity index is 2.28. The molecule has 1 aromatic rings. The van der Waals surface area contributed by atoms with Gasteiger partial charge in [-0.25, -0.2) is 4.98 Å². The molecular weight excluding hydrogens is 220 g/mol. The fourth-order valence-electron chi connectivity index (χ4n) is 1.99. The van der Waals surface area contributed by atoms with Gasteiger partial charge in [0.25, 0.3) is 0 Å². The van der Waals surface area contributed by atoms with Gasteiger partial charge in [0, 0.05) is 19.8 Å². The van der Waals surface area contributed by atoms with Crippen LogP contribution in [0.4, 0.5) is 0 Å². The van der Waals surface area contributed by atoms with E-state index in [-0.39, 0.29) is 17.6 Å². The molecule has 17 heavy (non-hydrogen) atoms. The van der Waals surface area contributed by atoms with Crippen LogP contribution in [0.25, 0.3) is 0 Å². The second-order valence-electron chi connectivity index (χ2n) is 4.03. The average molecular weight is 234 g/mol. The Kier molecular flexibility index (Phi) is 3.08. The lowest BCUT2D eigenvalue weighted by Crippen LogP contribution is -2.27. The highest BCUT2D eigenvalue weighted by atomic mass is 16.5. The van der Waals surface area contributed by atoms with E-state index in [1.807, 2.05) is 0 Å². The van der Waals surface area contributed by atoms with Gasteiger partial charge in [0.15, 0.2) is 5.78 Å². The van der Waals surface area contributed by atoms with Crippen molar-refractivity contribution >= 4 is 11.7 Å². The van der Waals surface area contributed by atoms with Crippen LogP contribution < -0.4 is 4.74 Å². The monoisotopic (exact) mass is 234 g/mol. The van der Waals surface area contributed by atoms with E-state index < -0.39 is 5.92 Å². The maximum Gasteiger partial charge on any atom is 0.233 e. The molecule has 1 aliphatic heterocycles. The number of methoxy groups -OCH3 is 1. The lowest BCUT2D eigenvalue weighted by atomic mass is 9.97. The quantitative estimate of drug-likeness (QED) is 0.572. The first-order valence-electron chi connectivity index (χ1n) is 5.43. The van der Waals surface area contributed by atoms with Gasteiger partial charge in [-0.15, -0.1) is 0 Å². The zero-order chi connectivity index (χ0) is 12.4. The lowest BCUT2D eigenvalue weighted by molar-refractivity contribution is -0.128. The van der Waals surface area contributed by atoms with Gasteiger partial charge in [0.2, 0.25) is 11.8 Å². The standard InChI is InChI=1S/C12H14N2O3/c1-14-7-5-9(12(14)16)10(15)8-4-3-6-13-11(8)17-2/h3-4,6,9H,5,7H2,1-2H3. The molecule has 0 aromatic carbocycles. The molecule has 1 aliphatic rings. The second kappa shape index (κ2) is 4.53. The van der Waals surface area contributed by atoms with Crippen molar-refractivity contribution in [3.05, 3.63) is 23.9 Å². The molecule has 1 amide bonds. The van der Waals surface area contributed by atoms with Crippen LogP contribution in [-0.2, 0) is 4.79 Å². The van der Waals surface area contributed by atoms with Crippen molar-refractivity contribution in [3.8, 4) is 5.88 Å². The van der Waals surface area contributed by atoms with E-state index in [9.17, 15) is 9.59 Å². The predicted molar refractivity (Wildman–Crippen MR) is 60.9 cm³/mol. The van der Waals surface area contributed by atoms with Crippen molar-refractivity contribution in [3.63, 3.8) is 0 Å². The van der Waals surface area contributed by atoms with Gasteiger partial charge < -0.3 is 9.64 Å². The zero-order valence-electron chi connectivity index (χ0n) is 9.84. The van der Waals surface area contributed by atoms with Gasteiger partial charge in [0.05, 0.1) is 12.7 Å². The van der Waals surface area contributed by atoms with Crippen molar-refractivity contribution < 1.29 is 14.3 Å². The Labute approximate surface area is 99.4 Å². The molecule has 1 atom stereocenters. The zero-order valence-corrected chi connectivity index (χ0v) is 9.84. The minimum atomic E-state index is -0.585. The van der Waals surface area contributed by atoms with Gasteiger partial charge in [-0.05, 0) is 18.6 Å². The summed E-state index contributed by atoms with van der Waals surface area (Å²) in [5.41, 5.74) is 0.378. The molecule has 0 aliphatic carbocycles. The highest BCUT2D eigenvalue weighted by Crippen LogP contribution is 2.24. The fraction of sp³-hybridized carbons (Fsp3) is 0.417. The second-order valence-corrected chi connectivity index (χ2v) is 4.03. The third-order valence-corrected chi connectivity index (χ3v) is 2.97. The summed E-state index contributed by atoms with van der Waals surface area (Å²) >= 11 is 0. The summed E-state index contributed by atoms with van der Waals surface area (Å²) in [6.45, 7) is 0.623. The molecular formula is C12H14N2O3. The molecule has 0 N–H and O–H groups in total. The average Bonchev–Trinajstić information content (AvgIpc) is 2.69. The predicted octanol–water partition coefficient (Wildman–Crippen LogP) is 0.751. The number of pyridine rings is 1. The fourth-order valence-corrected chi connectivity index (χ4v) is 1.99. The summed E-state index contributed by atoms with van der Waals surface area (Å²) in [7, 11) is 3.16. The summed E-state index contributed by atoms with van der Waals surface area (Å²) < 4.78 is 5.03. The molecule has 1 aromatic heterocycles. The van der Waals surface area contributed by atoms with Gasteiger partial charge >= 0.3 is 0 Å². The molecule has 1 fully saturated rings. The Morgan fingerprint density at radius 3 is 2.94 bits per heavy atom. The van der Waals surface area contributed by atoms with Crippen LogP contribution in [0.15, 0.2) is 18.3 Å². The SMILES string of the molecule is COc1ncccc1C(=O)C1CCN(C)C1=O. The van der Waals surface area contributed by atoms with E-state index in [2.05, 4.69) is 4.98 Å². The van der Waals surface area contributed by atoms with Crippen LogP contribution in [0.1, 0.15) is 16.8 Å². The smallest absolute Gasteiger partial charge is 0.233 e. The number of hydrogen-bond acceptors (Lipinski definition) is 4. The normalized spacial score (nSPS) is 19.5. The van der Waals surface area contributed by atoms with E-state index in [0.29, 0.717) is 18.5 Å². The maximum absolute atomic E-state index is 12.2. The number of carbonyl (C=O) groups excluding carboxylic acids is 2. The van der Waals surface area contributed by atoms with E-state index >= 15 is 0 Å². The van der Waals surface area contributed by atoms with E-state index in [1.165, 1.54) is 7.11 Å². The molecule has 90 valence electrons. The van der Waals surface area contributed by atoms with Crippen LogP contribution in [0.2, 0.25) is 0 Å². The number of nitrogens with zero attached hydrogens (tertiary/aromatic N) is 2. The third-order valence-electron chi connectivity index (χ3n) is 2.97. The van der Waals surface area contributed by atoms with Crippen molar-refractivity contribution in [2.24, 2.45) is 5.92 Å². The van der Waals surface area contributed by atoms with Crippen LogP contribution in [0.5, 0.6) is 5.88 Å². The Morgan fingerprint density at radius 1 is 1.59 bits per heavy atom. The number of likely N-dealkylation sites (tertiary alicyclic amines) is 1. The first kappa shape index (κ1) is 11.6. The number of ether oxygens (including phenoxy) is 1.